The average molecular weight is 210 g/mol. The second kappa shape index (κ2) is 7.30. The normalized spacial score (nSPS) is 15.0. The van der Waals surface area contributed by atoms with Gasteiger partial charge in [-0.15, -0.1) is 0 Å². The highest BCUT2D eigenvalue weighted by Gasteiger charge is 2.05. The van der Waals surface area contributed by atoms with E-state index in [0.29, 0.717) is 6.61 Å². The first kappa shape index (κ1) is 14.0. The first-order valence-electron chi connectivity index (χ1n) is 5.33. The van der Waals surface area contributed by atoms with Gasteiger partial charge < -0.3 is 9.84 Å². The highest BCUT2D eigenvalue weighted by Crippen LogP contribution is 2.16. The van der Waals surface area contributed by atoms with E-state index < -0.39 is 6.10 Å². The van der Waals surface area contributed by atoms with Gasteiger partial charge >= 0.3 is 0 Å². The van der Waals surface area contributed by atoms with Gasteiger partial charge in [-0.3, -0.25) is 0 Å². The number of hydrogen-bond donors (Lipinski definition) is 1. The summed E-state index contributed by atoms with van der Waals surface area (Å²) in [7, 11) is 0. The Morgan fingerprint density at radius 1 is 1.53 bits per heavy atom. The van der Waals surface area contributed by atoms with Gasteiger partial charge in [0.1, 0.15) is 12.4 Å². The maximum atomic E-state index is 9.32. The fourth-order valence-electron chi connectivity index (χ4n) is 1.19. The van der Waals surface area contributed by atoms with Crippen LogP contribution in [0.3, 0.4) is 0 Å². The lowest BCUT2D eigenvalue weighted by molar-refractivity contribution is 0.214. The van der Waals surface area contributed by atoms with Gasteiger partial charge in [0.05, 0.1) is 6.10 Å². The Bertz CT molecular complexity index is 260. The third-order valence-electron chi connectivity index (χ3n) is 1.91. The molecule has 86 valence electrons. The van der Waals surface area contributed by atoms with Gasteiger partial charge in [0, 0.05) is 0 Å². The van der Waals surface area contributed by atoms with Crippen LogP contribution in [-0.2, 0) is 4.74 Å². The van der Waals surface area contributed by atoms with Gasteiger partial charge in [0.15, 0.2) is 0 Å². The standard InChI is InChI=1S/C13H22O2/c1-6-12(7-2)13(8-11(5)14)15-9-10(3)4/h6,8,11,14H,3,7,9H2,1-2,4-5H3/b12-6+,13-8-. The number of rotatable bonds is 6. The molecule has 0 rings (SSSR count). The van der Waals surface area contributed by atoms with Crippen molar-refractivity contribution in [2.75, 3.05) is 6.61 Å². The zero-order valence-electron chi connectivity index (χ0n) is 10.2. The van der Waals surface area contributed by atoms with Crippen molar-refractivity contribution in [1.82, 2.24) is 0 Å². The van der Waals surface area contributed by atoms with Gasteiger partial charge in [0.2, 0.25) is 0 Å². The molecule has 0 aromatic rings. The first-order valence-corrected chi connectivity index (χ1v) is 5.33. The lowest BCUT2D eigenvalue weighted by Gasteiger charge is -2.13. The second-order valence-electron chi connectivity index (χ2n) is 3.68. The molecule has 0 bridgehead atoms. The fourth-order valence-corrected chi connectivity index (χ4v) is 1.19. The Balaban J connectivity index is 4.66. The average Bonchev–Trinajstić information content (AvgIpc) is 2.14. The van der Waals surface area contributed by atoms with E-state index in [-0.39, 0.29) is 0 Å². The molecule has 1 unspecified atom stereocenters. The van der Waals surface area contributed by atoms with Crippen molar-refractivity contribution < 1.29 is 9.84 Å². The Kier molecular flexibility index (Phi) is 6.80. The molecular weight excluding hydrogens is 188 g/mol. The second-order valence-corrected chi connectivity index (χ2v) is 3.68. The summed E-state index contributed by atoms with van der Waals surface area (Å²) in [6.07, 6.45) is 4.13. The summed E-state index contributed by atoms with van der Waals surface area (Å²) >= 11 is 0. The minimum atomic E-state index is -0.494. The first-order chi connectivity index (χ1) is 7.01. The van der Waals surface area contributed by atoms with Crippen LogP contribution in [0.1, 0.15) is 34.1 Å². The molecule has 0 heterocycles. The van der Waals surface area contributed by atoms with Crippen LogP contribution >= 0.6 is 0 Å². The van der Waals surface area contributed by atoms with E-state index in [1.165, 1.54) is 0 Å². The largest absolute Gasteiger partial charge is 0.489 e. The van der Waals surface area contributed by atoms with Crippen LogP contribution in [0.4, 0.5) is 0 Å². The topological polar surface area (TPSA) is 29.5 Å². The molecule has 1 N–H and O–H groups in total. The summed E-state index contributed by atoms with van der Waals surface area (Å²) in [6, 6.07) is 0. The van der Waals surface area contributed by atoms with Gasteiger partial charge in [-0.2, -0.15) is 0 Å². The van der Waals surface area contributed by atoms with Crippen molar-refractivity contribution >= 4 is 0 Å². The molecule has 1 atom stereocenters. The van der Waals surface area contributed by atoms with E-state index in [1.807, 2.05) is 19.9 Å². The van der Waals surface area contributed by atoms with E-state index in [1.54, 1.807) is 13.0 Å². The lowest BCUT2D eigenvalue weighted by Crippen LogP contribution is -2.03. The predicted molar refractivity (Wildman–Crippen MR) is 64.6 cm³/mol. The summed E-state index contributed by atoms with van der Waals surface area (Å²) in [5.41, 5.74) is 2.08. The van der Waals surface area contributed by atoms with Crippen molar-refractivity contribution in [3.05, 3.63) is 35.6 Å². The molecular formula is C13H22O2. The highest BCUT2D eigenvalue weighted by atomic mass is 16.5. The molecule has 0 radical (unpaired) electrons. The van der Waals surface area contributed by atoms with Gasteiger partial charge in [-0.1, -0.05) is 19.6 Å². The van der Waals surface area contributed by atoms with Crippen LogP contribution in [0.15, 0.2) is 35.6 Å². The monoisotopic (exact) mass is 210 g/mol. The van der Waals surface area contributed by atoms with Crippen LogP contribution in [0.5, 0.6) is 0 Å². The van der Waals surface area contributed by atoms with E-state index >= 15 is 0 Å². The zero-order chi connectivity index (χ0) is 11.8. The molecule has 2 nitrogen and oxygen atoms in total. The smallest absolute Gasteiger partial charge is 0.121 e. The minimum absolute atomic E-state index is 0.494. The third-order valence-corrected chi connectivity index (χ3v) is 1.91. The molecule has 0 aromatic carbocycles. The van der Waals surface area contributed by atoms with Crippen LogP contribution in [-0.4, -0.2) is 17.8 Å². The van der Waals surface area contributed by atoms with Crippen molar-refractivity contribution in [3.8, 4) is 0 Å². The van der Waals surface area contributed by atoms with E-state index in [2.05, 4.69) is 13.5 Å². The molecule has 0 fully saturated rings. The van der Waals surface area contributed by atoms with Crippen LogP contribution in [0.25, 0.3) is 0 Å². The maximum Gasteiger partial charge on any atom is 0.121 e. The molecule has 0 aliphatic carbocycles. The minimum Gasteiger partial charge on any atom is -0.489 e. The van der Waals surface area contributed by atoms with Crippen molar-refractivity contribution in [2.45, 2.75) is 40.2 Å². The quantitative estimate of drug-likeness (QED) is 0.414. The zero-order valence-corrected chi connectivity index (χ0v) is 10.2. The van der Waals surface area contributed by atoms with Crippen molar-refractivity contribution in [1.29, 1.82) is 0 Å². The highest BCUT2D eigenvalue weighted by molar-refractivity contribution is 5.26. The number of hydrogen-bond acceptors (Lipinski definition) is 2. The summed E-state index contributed by atoms with van der Waals surface area (Å²) in [4.78, 5) is 0. The molecule has 15 heavy (non-hydrogen) atoms. The van der Waals surface area contributed by atoms with E-state index in [4.69, 9.17) is 4.74 Å². The Morgan fingerprint density at radius 3 is 2.47 bits per heavy atom. The van der Waals surface area contributed by atoms with E-state index in [9.17, 15) is 5.11 Å². The van der Waals surface area contributed by atoms with E-state index in [0.717, 1.165) is 23.3 Å². The molecule has 0 aliphatic rings. The Morgan fingerprint density at radius 2 is 2.13 bits per heavy atom. The molecule has 2 heteroatoms. The van der Waals surface area contributed by atoms with Crippen LogP contribution in [0, 0.1) is 0 Å². The maximum absolute atomic E-state index is 9.32. The number of aliphatic hydroxyl groups excluding tert-OH is 1. The molecule has 0 saturated heterocycles. The predicted octanol–water partition coefficient (Wildman–Crippen LogP) is 3.20. The Labute approximate surface area is 93.0 Å². The van der Waals surface area contributed by atoms with Gasteiger partial charge in [-0.25, -0.2) is 0 Å². The lowest BCUT2D eigenvalue weighted by atomic mass is 10.1. The fraction of sp³-hybridized carbons (Fsp3) is 0.538. The third kappa shape index (κ3) is 6.13. The van der Waals surface area contributed by atoms with Crippen LogP contribution in [0.2, 0.25) is 0 Å². The van der Waals surface area contributed by atoms with Gasteiger partial charge in [0.25, 0.3) is 0 Å². The van der Waals surface area contributed by atoms with Crippen molar-refractivity contribution in [2.24, 2.45) is 0 Å². The SMILES string of the molecule is C=C(C)COC(=C\C(C)O)/C(=C/C)CC. The number of ether oxygens (including phenoxy) is 1. The number of allylic oxidation sites excluding steroid dienone is 2. The molecule has 0 amide bonds. The van der Waals surface area contributed by atoms with Crippen LogP contribution < -0.4 is 0 Å². The molecule has 0 saturated carbocycles. The molecule has 0 spiro atoms. The summed E-state index contributed by atoms with van der Waals surface area (Å²) in [5.74, 6) is 0.762. The van der Waals surface area contributed by atoms with Gasteiger partial charge in [-0.05, 0) is 44.4 Å². The Hall–Kier alpha value is -1.02. The molecule has 0 aromatic heterocycles. The number of aliphatic hydroxyl groups is 1. The summed E-state index contributed by atoms with van der Waals surface area (Å²) in [5, 5.41) is 9.32. The molecule has 0 aliphatic heterocycles. The van der Waals surface area contributed by atoms with Crippen molar-refractivity contribution in [3.63, 3.8) is 0 Å². The summed E-state index contributed by atoms with van der Waals surface area (Å²) in [6.45, 7) is 11.9. The summed E-state index contributed by atoms with van der Waals surface area (Å²) < 4.78 is 5.59.